The Labute approximate surface area is 138 Å². The van der Waals surface area contributed by atoms with Crippen molar-refractivity contribution in [3.63, 3.8) is 0 Å². The maximum Gasteiger partial charge on any atom is 0.161 e. The average molecular weight is 310 g/mol. The fourth-order valence-corrected chi connectivity index (χ4v) is 3.20. The number of hydrogen-bond acceptors (Lipinski definition) is 4. The normalized spacial score (nSPS) is 15.9. The molecule has 1 fully saturated rings. The van der Waals surface area contributed by atoms with Crippen LogP contribution in [0.25, 0.3) is 11.4 Å². The predicted octanol–water partition coefficient (Wildman–Crippen LogP) is 3.25. The largest absolute Gasteiger partial charge is 0.356 e. The standard InChI is InChI=1S/C19H26N4/c1-4-17-14(3)21-18(15-7-5-13(2)6-8-15)22-19(17)23-11-9-16(20)10-12-23/h5-8,16H,4,9-12,20H2,1-3H3. The van der Waals surface area contributed by atoms with E-state index in [0.717, 1.165) is 55.3 Å². The number of rotatable bonds is 3. The summed E-state index contributed by atoms with van der Waals surface area (Å²) in [5, 5.41) is 0. The van der Waals surface area contributed by atoms with E-state index in [4.69, 9.17) is 15.7 Å². The summed E-state index contributed by atoms with van der Waals surface area (Å²) in [7, 11) is 0. The molecule has 0 radical (unpaired) electrons. The van der Waals surface area contributed by atoms with E-state index >= 15 is 0 Å². The molecular weight excluding hydrogens is 284 g/mol. The van der Waals surface area contributed by atoms with Crippen molar-refractivity contribution >= 4 is 5.82 Å². The Balaban J connectivity index is 2.01. The van der Waals surface area contributed by atoms with Crippen LogP contribution in [0.1, 0.15) is 36.6 Å². The lowest BCUT2D eigenvalue weighted by atomic mass is 10.0. The van der Waals surface area contributed by atoms with Gasteiger partial charge in [-0.15, -0.1) is 0 Å². The molecule has 2 aromatic rings. The molecule has 0 bridgehead atoms. The van der Waals surface area contributed by atoms with Crippen LogP contribution in [-0.4, -0.2) is 29.1 Å². The molecule has 0 unspecified atom stereocenters. The van der Waals surface area contributed by atoms with E-state index in [1.54, 1.807) is 0 Å². The molecule has 4 nitrogen and oxygen atoms in total. The molecule has 2 N–H and O–H groups in total. The summed E-state index contributed by atoms with van der Waals surface area (Å²) < 4.78 is 0. The number of benzene rings is 1. The van der Waals surface area contributed by atoms with Gasteiger partial charge in [-0.3, -0.25) is 0 Å². The second-order valence-corrected chi connectivity index (χ2v) is 6.48. The number of aryl methyl sites for hydroxylation is 2. The van der Waals surface area contributed by atoms with Gasteiger partial charge in [0.2, 0.25) is 0 Å². The highest BCUT2D eigenvalue weighted by Gasteiger charge is 2.21. The van der Waals surface area contributed by atoms with E-state index in [-0.39, 0.29) is 0 Å². The van der Waals surface area contributed by atoms with Gasteiger partial charge in [-0.2, -0.15) is 0 Å². The summed E-state index contributed by atoms with van der Waals surface area (Å²) in [6.07, 6.45) is 3.02. The molecule has 1 aromatic heterocycles. The van der Waals surface area contributed by atoms with Crippen molar-refractivity contribution in [2.75, 3.05) is 18.0 Å². The van der Waals surface area contributed by atoms with Crippen LogP contribution in [-0.2, 0) is 6.42 Å². The molecule has 1 aliphatic heterocycles. The molecule has 0 spiro atoms. The van der Waals surface area contributed by atoms with Crippen molar-refractivity contribution in [2.24, 2.45) is 5.73 Å². The molecule has 1 aliphatic rings. The number of aromatic nitrogens is 2. The molecule has 0 atom stereocenters. The van der Waals surface area contributed by atoms with Crippen molar-refractivity contribution in [3.05, 3.63) is 41.1 Å². The molecule has 0 amide bonds. The molecular formula is C19H26N4. The third kappa shape index (κ3) is 3.37. The van der Waals surface area contributed by atoms with E-state index in [1.807, 2.05) is 0 Å². The second kappa shape index (κ2) is 6.67. The highest BCUT2D eigenvalue weighted by atomic mass is 15.2. The Morgan fingerprint density at radius 3 is 2.35 bits per heavy atom. The summed E-state index contributed by atoms with van der Waals surface area (Å²) in [4.78, 5) is 12.1. The third-order valence-corrected chi connectivity index (χ3v) is 4.69. The van der Waals surface area contributed by atoms with Crippen LogP contribution in [0, 0.1) is 13.8 Å². The van der Waals surface area contributed by atoms with Crippen molar-refractivity contribution in [1.82, 2.24) is 9.97 Å². The first-order valence-electron chi connectivity index (χ1n) is 8.53. The van der Waals surface area contributed by atoms with Crippen molar-refractivity contribution in [2.45, 2.75) is 46.1 Å². The zero-order valence-electron chi connectivity index (χ0n) is 14.3. The first kappa shape index (κ1) is 15.9. The lowest BCUT2D eigenvalue weighted by molar-refractivity contribution is 0.497. The minimum atomic E-state index is 0.329. The predicted molar refractivity (Wildman–Crippen MR) is 95.7 cm³/mol. The minimum Gasteiger partial charge on any atom is -0.356 e. The van der Waals surface area contributed by atoms with Gasteiger partial charge in [0.25, 0.3) is 0 Å². The molecule has 1 saturated heterocycles. The summed E-state index contributed by atoms with van der Waals surface area (Å²) in [6.45, 7) is 8.34. The Kier molecular flexibility index (Phi) is 4.62. The van der Waals surface area contributed by atoms with Gasteiger partial charge < -0.3 is 10.6 Å². The Morgan fingerprint density at radius 2 is 1.74 bits per heavy atom. The number of anilines is 1. The van der Waals surface area contributed by atoms with Gasteiger partial charge in [0.05, 0.1) is 0 Å². The van der Waals surface area contributed by atoms with Crippen LogP contribution in [0.2, 0.25) is 0 Å². The Bertz CT molecular complexity index is 671. The van der Waals surface area contributed by atoms with Crippen molar-refractivity contribution in [1.29, 1.82) is 0 Å². The van der Waals surface area contributed by atoms with Crippen molar-refractivity contribution in [3.8, 4) is 11.4 Å². The monoisotopic (exact) mass is 310 g/mol. The summed E-state index contributed by atoms with van der Waals surface area (Å²) in [5.41, 5.74) is 10.7. The van der Waals surface area contributed by atoms with Crippen LogP contribution in [0.4, 0.5) is 5.82 Å². The maximum atomic E-state index is 6.05. The molecule has 3 rings (SSSR count). The number of nitrogens with two attached hydrogens (primary N) is 1. The zero-order valence-corrected chi connectivity index (χ0v) is 14.3. The average Bonchev–Trinajstić information content (AvgIpc) is 2.55. The summed E-state index contributed by atoms with van der Waals surface area (Å²) in [6, 6.07) is 8.76. The van der Waals surface area contributed by atoms with Gasteiger partial charge >= 0.3 is 0 Å². The van der Waals surface area contributed by atoms with Crippen LogP contribution in [0.15, 0.2) is 24.3 Å². The van der Waals surface area contributed by atoms with E-state index in [2.05, 4.69) is 49.9 Å². The van der Waals surface area contributed by atoms with Gasteiger partial charge in [0.1, 0.15) is 5.82 Å². The third-order valence-electron chi connectivity index (χ3n) is 4.69. The zero-order chi connectivity index (χ0) is 16.4. The second-order valence-electron chi connectivity index (χ2n) is 6.48. The fraction of sp³-hybridized carbons (Fsp3) is 0.474. The molecule has 0 saturated carbocycles. The number of nitrogens with zero attached hydrogens (tertiary/aromatic N) is 3. The fourth-order valence-electron chi connectivity index (χ4n) is 3.20. The van der Waals surface area contributed by atoms with Crippen LogP contribution < -0.4 is 10.6 Å². The van der Waals surface area contributed by atoms with Gasteiger partial charge in [-0.1, -0.05) is 36.8 Å². The van der Waals surface area contributed by atoms with Gasteiger partial charge in [0.15, 0.2) is 5.82 Å². The Morgan fingerprint density at radius 1 is 1.09 bits per heavy atom. The lowest BCUT2D eigenvalue weighted by Crippen LogP contribution is -2.40. The first-order valence-corrected chi connectivity index (χ1v) is 8.53. The van der Waals surface area contributed by atoms with Gasteiger partial charge in [0, 0.05) is 36.0 Å². The van der Waals surface area contributed by atoms with Crippen LogP contribution in [0.5, 0.6) is 0 Å². The van der Waals surface area contributed by atoms with E-state index < -0.39 is 0 Å². The van der Waals surface area contributed by atoms with E-state index in [0.29, 0.717) is 6.04 Å². The van der Waals surface area contributed by atoms with Crippen LogP contribution in [0.3, 0.4) is 0 Å². The minimum absolute atomic E-state index is 0.329. The molecule has 23 heavy (non-hydrogen) atoms. The molecule has 2 heterocycles. The summed E-state index contributed by atoms with van der Waals surface area (Å²) in [5.74, 6) is 1.92. The topological polar surface area (TPSA) is 55.0 Å². The van der Waals surface area contributed by atoms with E-state index in [1.165, 1.54) is 11.1 Å². The summed E-state index contributed by atoms with van der Waals surface area (Å²) >= 11 is 0. The Hall–Kier alpha value is -1.94. The molecule has 122 valence electrons. The highest BCUT2D eigenvalue weighted by Crippen LogP contribution is 2.27. The molecule has 0 aliphatic carbocycles. The van der Waals surface area contributed by atoms with Crippen LogP contribution >= 0.6 is 0 Å². The van der Waals surface area contributed by atoms with Crippen molar-refractivity contribution < 1.29 is 0 Å². The lowest BCUT2D eigenvalue weighted by Gasteiger charge is -2.32. The van der Waals surface area contributed by atoms with Gasteiger partial charge in [-0.25, -0.2) is 9.97 Å². The molecule has 4 heteroatoms. The van der Waals surface area contributed by atoms with E-state index in [9.17, 15) is 0 Å². The smallest absolute Gasteiger partial charge is 0.161 e. The molecule has 1 aromatic carbocycles. The quantitative estimate of drug-likeness (QED) is 0.945. The highest BCUT2D eigenvalue weighted by molar-refractivity contribution is 5.61. The first-order chi connectivity index (χ1) is 11.1. The number of hydrogen-bond donors (Lipinski definition) is 1. The van der Waals surface area contributed by atoms with Gasteiger partial charge in [-0.05, 0) is 33.1 Å². The maximum absolute atomic E-state index is 6.05. The number of piperidine rings is 1. The SMILES string of the molecule is CCc1c(C)nc(-c2ccc(C)cc2)nc1N1CCC(N)CC1.